The second-order valence-corrected chi connectivity index (χ2v) is 10.7. The summed E-state index contributed by atoms with van der Waals surface area (Å²) in [5.41, 5.74) is 1.49. The zero-order chi connectivity index (χ0) is 23.9. The van der Waals surface area contributed by atoms with Crippen LogP contribution in [0.5, 0.6) is 0 Å². The van der Waals surface area contributed by atoms with E-state index in [9.17, 15) is 13.2 Å². The predicted molar refractivity (Wildman–Crippen MR) is 130 cm³/mol. The van der Waals surface area contributed by atoms with E-state index in [1.165, 1.54) is 56.2 Å². The first-order valence-electron chi connectivity index (χ1n) is 12.5. The van der Waals surface area contributed by atoms with Gasteiger partial charge in [-0.15, -0.1) is 0 Å². The van der Waals surface area contributed by atoms with Gasteiger partial charge < -0.3 is 0 Å². The smallest absolute Gasteiger partial charge is 0.297 e. The minimum absolute atomic E-state index is 0.204. The van der Waals surface area contributed by atoms with E-state index in [0.717, 1.165) is 36.9 Å². The molecule has 182 valence electrons. The molecule has 4 heteroatoms. The second kappa shape index (κ2) is 11.7. The van der Waals surface area contributed by atoms with Crippen LogP contribution >= 0.6 is 0 Å². The zero-order valence-electron chi connectivity index (χ0n) is 21.1. The highest BCUT2D eigenvalue weighted by molar-refractivity contribution is 5.30. The summed E-state index contributed by atoms with van der Waals surface area (Å²) in [4.78, 5) is 2.62. The molecule has 0 N–H and O–H groups in total. The van der Waals surface area contributed by atoms with Crippen molar-refractivity contribution in [1.29, 1.82) is 0 Å². The molecule has 0 bridgehead atoms. The van der Waals surface area contributed by atoms with Crippen LogP contribution in [0.4, 0.5) is 13.2 Å². The molecule has 0 saturated carbocycles. The summed E-state index contributed by atoms with van der Waals surface area (Å²) in [6, 6.07) is 6.08. The number of rotatable bonds is 10. The van der Waals surface area contributed by atoms with Crippen molar-refractivity contribution < 1.29 is 13.2 Å². The highest BCUT2D eigenvalue weighted by Crippen LogP contribution is 2.37. The molecule has 0 aromatic heterocycles. The molecule has 1 saturated heterocycles. The number of allylic oxidation sites excluding steroid dienone is 1. The first-order valence-corrected chi connectivity index (χ1v) is 12.5. The third-order valence-electron chi connectivity index (χ3n) is 7.27. The Hall–Kier alpha value is -1.29. The van der Waals surface area contributed by atoms with E-state index >= 15 is 0 Å². The van der Waals surface area contributed by atoms with Gasteiger partial charge in [0.2, 0.25) is 0 Å². The molecule has 0 amide bonds. The lowest BCUT2D eigenvalue weighted by atomic mass is 9.76. The molecular formula is C28H44F3N. The molecule has 0 aliphatic carbocycles. The van der Waals surface area contributed by atoms with Crippen molar-refractivity contribution in [3.05, 3.63) is 47.0 Å². The van der Waals surface area contributed by atoms with Gasteiger partial charge in [-0.05, 0) is 81.1 Å². The van der Waals surface area contributed by atoms with Gasteiger partial charge in [0, 0.05) is 6.04 Å². The predicted octanol–water partition coefficient (Wildman–Crippen LogP) is 8.64. The Balaban J connectivity index is 2.11. The van der Waals surface area contributed by atoms with Crippen LogP contribution < -0.4 is 0 Å². The highest BCUT2D eigenvalue weighted by Gasteiger charge is 2.34. The lowest BCUT2D eigenvalue weighted by Crippen LogP contribution is -2.44. The van der Waals surface area contributed by atoms with Gasteiger partial charge in [-0.25, -0.2) is 0 Å². The Bertz CT molecular complexity index is 699. The number of piperidine rings is 1. The molecule has 0 radical (unpaired) electrons. The van der Waals surface area contributed by atoms with Crippen molar-refractivity contribution in [2.24, 2.45) is 11.8 Å². The lowest BCUT2D eigenvalue weighted by molar-refractivity contribution is -0.137. The molecule has 0 spiro atoms. The fourth-order valence-electron chi connectivity index (χ4n) is 5.51. The second-order valence-electron chi connectivity index (χ2n) is 10.7. The number of benzene rings is 1. The number of hydrogen-bond acceptors (Lipinski definition) is 1. The van der Waals surface area contributed by atoms with Gasteiger partial charge in [-0.2, -0.15) is 13.2 Å². The van der Waals surface area contributed by atoms with Crippen molar-refractivity contribution in [2.75, 3.05) is 13.1 Å². The first-order chi connectivity index (χ1) is 15.0. The average Bonchev–Trinajstić information content (AvgIpc) is 2.72. The summed E-state index contributed by atoms with van der Waals surface area (Å²) in [5, 5.41) is 0. The van der Waals surface area contributed by atoms with Crippen LogP contribution in [0.25, 0.3) is 0 Å². The molecule has 1 fully saturated rings. The Morgan fingerprint density at radius 1 is 0.969 bits per heavy atom. The maximum absolute atomic E-state index is 13.0. The Kier molecular flexibility index (Phi) is 9.87. The van der Waals surface area contributed by atoms with Crippen molar-refractivity contribution >= 4 is 0 Å². The van der Waals surface area contributed by atoms with E-state index < -0.39 is 11.7 Å². The minimum Gasteiger partial charge on any atom is -0.297 e. The highest BCUT2D eigenvalue weighted by atomic mass is 19.4. The number of nitrogens with zero attached hydrogens (tertiary/aromatic N) is 1. The fourth-order valence-corrected chi connectivity index (χ4v) is 5.51. The van der Waals surface area contributed by atoms with E-state index in [0.29, 0.717) is 6.04 Å². The number of hydrogen-bond donors (Lipinski definition) is 0. The minimum atomic E-state index is -4.29. The lowest BCUT2D eigenvalue weighted by Gasteiger charge is -2.42. The molecule has 1 heterocycles. The van der Waals surface area contributed by atoms with E-state index in [-0.39, 0.29) is 5.41 Å². The molecule has 2 rings (SSSR count). The first kappa shape index (κ1) is 27.0. The number of likely N-dealkylation sites (tertiary alicyclic amines) is 1. The van der Waals surface area contributed by atoms with Gasteiger partial charge in [0.25, 0.3) is 0 Å². The maximum Gasteiger partial charge on any atom is 0.416 e. The molecule has 1 atom stereocenters. The van der Waals surface area contributed by atoms with E-state index in [2.05, 4.69) is 52.5 Å². The van der Waals surface area contributed by atoms with Crippen molar-refractivity contribution in [2.45, 2.75) is 104 Å². The summed E-state index contributed by atoms with van der Waals surface area (Å²) >= 11 is 0. The molecule has 1 nitrogen and oxygen atoms in total. The van der Waals surface area contributed by atoms with Gasteiger partial charge in [0.1, 0.15) is 0 Å². The molecule has 1 unspecified atom stereocenters. The molecule has 1 aliphatic heterocycles. The number of alkyl halides is 3. The third-order valence-corrected chi connectivity index (χ3v) is 7.27. The Morgan fingerprint density at radius 3 is 1.91 bits per heavy atom. The van der Waals surface area contributed by atoms with E-state index in [1.54, 1.807) is 12.1 Å². The monoisotopic (exact) mass is 451 g/mol. The molecule has 32 heavy (non-hydrogen) atoms. The van der Waals surface area contributed by atoms with Gasteiger partial charge in [-0.1, -0.05) is 77.2 Å². The summed E-state index contributed by atoms with van der Waals surface area (Å²) in [7, 11) is 0. The van der Waals surface area contributed by atoms with Crippen LogP contribution in [0.3, 0.4) is 0 Å². The van der Waals surface area contributed by atoms with Crippen LogP contribution in [0.2, 0.25) is 0 Å². The average molecular weight is 452 g/mol. The largest absolute Gasteiger partial charge is 0.416 e. The van der Waals surface area contributed by atoms with Gasteiger partial charge in [0.15, 0.2) is 0 Å². The summed E-state index contributed by atoms with van der Waals surface area (Å²) in [6.07, 6.45) is 6.73. The molecule has 1 aromatic rings. The van der Waals surface area contributed by atoms with Crippen LogP contribution in [0, 0.1) is 11.8 Å². The normalized spacial score (nSPS) is 17.6. The Labute approximate surface area is 194 Å². The van der Waals surface area contributed by atoms with Crippen molar-refractivity contribution in [3.8, 4) is 0 Å². The third kappa shape index (κ3) is 7.64. The summed E-state index contributed by atoms with van der Waals surface area (Å²) in [5.74, 6) is 1.69. The molecule has 1 aliphatic rings. The topological polar surface area (TPSA) is 3.24 Å². The molecule has 1 aromatic carbocycles. The SMILES string of the molecule is CCCC(CCC)C1CCN(C(C=C(C)C)CC(C)(C)c2ccc(C(F)(F)F)cc2)CC1. The van der Waals surface area contributed by atoms with Crippen LogP contribution in [-0.2, 0) is 11.6 Å². The summed E-state index contributed by atoms with van der Waals surface area (Å²) < 4.78 is 38.9. The van der Waals surface area contributed by atoms with Crippen LogP contribution in [0.1, 0.15) is 97.6 Å². The van der Waals surface area contributed by atoms with Crippen molar-refractivity contribution in [3.63, 3.8) is 0 Å². The quantitative estimate of drug-likeness (QED) is 0.322. The number of halogens is 3. The standard InChI is InChI=1S/C28H44F3N/c1-7-9-22(10-8-2)23-15-17-32(18-16-23)26(19-21(3)4)20-27(5,6)24-11-13-25(14-12-24)28(29,30)31/h11-14,19,22-23,26H,7-10,15-18,20H2,1-6H3. The van der Waals surface area contributed by atoms with Gasteiger partial charge in [-0.3, -0.25) is 4.90 Å². The van der Waals surface area contributed by atoms with Gasteiger partial charge >= 0.3 is 6.18 Å². The van der Waals surface area contributed by atoms with Crippen LogP contribution in [-0.4, -0.2) is 24.0 Å². The zero-order valence-corrected chi connectivity index (χ0v) is 21.1. The van der Waals surface area contributed by atoms with Crippen molar-refractivity contribution in [1.82, 2.24) is 4.90 Å². The van der Waals surface area contributed by atoms with Gasteiger partial charge in [0.05, 0.1) is 5.56 Å². The molecular weight excluding hydrogens is 407 g/mol. The van der Waals surface area contributed by atoms with Crippen LogP contribution in [0.15, 0.2) is 35.9 Å². The Morgan fingerprint density at radius 2 is 1.47 bits per heavy atom. The van der Waals surface area contributed by atoms with E-state index in [4.69, 9.17) is 0 Å². The fraction of sp³-hybridized carbons (Fsp3) is 0.714. The maximum atomic E-state index is 13.0. The van der Waals surface area contributed by atoms with E-state index in [1.807, 2.05) is 0 Å². The summed E-state index contributed by atoms with van der Waals surface area (Å²) in [6.45, 7) is 15.4.